The summed E-state index contributed by atoms with van der Waals surface area (Å²) in [6.45, 7) is 5.58. The number of carbonyl (C=O) groups excluding carboxylic acids is 2. The van der Waals surface area contributed by atoms with Gasteiger partial charge in [-0.2, -0.15) is 0 Å². The second kappa shape index (κ2) is 6.74. The van der Waals surface area contributed by atoms with E-state index in [1.54, 1.807) is 27.8 Å². The smallest absolute Gasteiger partial charge is 0.410 e. The first-order valence-corrected chi connectivity index (χ1v) is 7.46. The molecular weight excluding hydrogens is 323 g/mol. The van der Waals surface area contributed by atoms with Crippen molar-refractivity contribution in [3.63, 3.8) is 0 Å². The van der Waals surface area contributed by atoms with Crippen LogP contribution in [-0.2, 0) is 4.74 Å². The highest BCUT2D eigenvalue weighted by Crippen LogP contribution is 2.27. The molecule has 1 amide bonds. The van der Waals surface area contributed by atoms with Crippen LogP contribution in [0.25, 0.3) is 0 Å². The molecule has 20 heavy (non-hydrogen) atoms. The zero-order chi connectivity index (χ0) is 15.5. The number of Topliss-reactive ketones (excluding diaryl/α,β-unsaturated/α-hetero) is 1. The molecule has 1 rings (SSSR count). The van der Waals surface area contributed by atoms with Crippen LogP contribution in [0.5, 0.6) is 0 Å². The zero-order valence-electron chi connectivity index (χ0n) is 11.7. The SMILES string of the molecule is CN(CCC(=O)c1sc(Cl)nc1Cl)C(=O)OC(C)(C)C. The molecule has 1 heterocycles. The third-order valence-corrected chi connectivity index (χ3v) is 3.78. The summed E-state index contributed by atoms with van der Waals surface area (Å²) in [6.07, 6.45) is -0.340. The summed E-state index contributed by atoms with van der Waals surface area (Å²) in [6, 6.07) is 0. The van der Waals surface area contributed by atoms with Crippen molar-refractivity contribution in [2.24, 2.45) is 0 Å². The molecule has 0 N–H and O–H groups in total. The molecule has 0 fully saturated rings. The first-order valence-electron chi connectivity index (χ1n) is 5.89. The second-order valence-corrected chi connectivity index (χ2v) is 7.10. The number of hydrogen-bond donors (Lipinski definition) is 0. The van der Waals surface area contributed by atoms with Crippen molar-refractivity contribution in [3.8, 4) is 0 Å². The van der Waals surface area contributed by atoms with Gasteiger partial charge in [0.2, 0.25) is 0 Å². The van der Waals surface area contributed by atoms with Gasteiger partial charge in [0, 0.05) is 20.0 Å². The zero-order valence-corrected chi connectivity index (χ0v) is 14.0. The summed E-state index contributed by atoms with van der Waals surface area (Å²) in [5.74, 6) is -0.199. The van der Waals surface area contributed by atoms with E-state index in [1.165, 1.54) is 4.90 Å². The number of hydrogen-bond acceptors (Lipinski definition) is 5. The Morgan fingerprint density at radius 2 is 1.95 bits per heavy atom. The maximum Gasteiger partial charge on any atom is 0.410 e. The number of thiazole rings is 1. The molecule has 0 unspecified atom stereocenters. The van der Waals surface area contributed by atoms with Crippen LogP contribution in [0.3, 0.4) is 0 Å². The Morgan fingerprint density at radius 3 is 2.40 bits per heavy atom. The average Bonchev–Trinajstić information content (AvgIpc) is 2.62. The number of ketones is 1. The van der Waals surface area contributed by atoms with Crippen LogP contribution in [0, 0.1) is 0 Å². The van der Waals surface area contributed by atoms with Crippen LogP contribution in [0.1, 0.15) is 36.9 Å². The third kappa shape index (κ3) is 5.26. The first kappa shape index (κ1) is 17.2. The van der Waals surface area contributed by atoms with E-state index >= 15 is 0 Å². The Bertz CT molecular complexity index is 511. The van der Waals surface area contributed by atoms with Gasteiger partial charge in [0.15, 0.2) is 15.4 Å². The number of ether oxygens (including phenoxy) is 1. The molecule has 0 radical (unpaired) electrons. The van der Waals surface area contributed by atoms with Crippen molar-refractivity contribution in [2.75, 3.05) is 13.6 Å². The van der Waals surface area contributed by atoms with Gasteiger partial charge in [-0.1, -0.05) is 34.5 Å². The molecule has 0 aliphatic heterocycles. The van der Waals surface area contributed by atoms with Crippen molar-refractivity contribution in [3.05, 3.63) is 14.5 Å². The lowest BCUT2D eigenvalue weighted by molar-refractivity contribution is 0.0298. The van der Waals surface area contributed by atoms with E-state index in [0.29, 0.717) is 4.88 Å². The lowest BCUT2D eigenvalue weighted by Gasteiger charge is -2.24. The maximum atomic E-state index is 11.9. The largest absolute Gasteiger partial charge is 0.444 e. The number of amides is 1. The van der Waals surface area contributed by atoms with Crippen LogP contribution in [-0.4, -0.2) is 41.0 Å². The Kier molecular flexibility index (Phi) is 5.79. The molecule has 0 atom stereocenters. The van der Waals surface area contributed by atoms with Gasteiger partial charge in [0.1, 0.15) is 10.5 Å². The molecule has 0 aromatic carbocycles. The Morgan fingerprint density at radius 1 is 1.35 bits per heavy atom. The monoisotopic (exact) mass is 338 g/mol. The van der Waals surface area contributed by atoms with Gasteiger partial charge in [0.05, 0.1) is 0 Å². The third-order valence-electron chi connectivity index (χ3n) is 2.19. The van der Waals surface area contributed by atoms with Crippen molar-refractivity contribution in [1.29, 1.82) is 0 Å². The molecule has 0 aliphatic carbocycles. The lowest BCUT2D eigenvalue weighted by Crippen LogP contribution is -2.35. The normalized spacial score (nSPS) is 11.3. The van der Waals surface area contributed by atoms with E-state index in [0.717, 1.165) is 11.3 Å². The van der Waals surface area contributed by atoms with Gasteiger partial charge in [-0.3, -0.25) is 4.79 Å². The van der Waals surface area contributed by atoms with Crippen molar-refractivity contribution >= 4 is 46.4 Å². The van der Waals surface area contributed by atoms with Gasteiger partial charge in [-0.05, 0) is 20.8 Å². The summed E-state index contributed by atoms with van der Waals surface area (Å²) >= 11 is 12.5. The number of carbonyl (C=O) groups is 2. The molecule has 0 saturated carbocycles. The van der Waals surface area contributed by atoms with Crippen LogP contribution < -0.4 is 0 Å². The molecule has 1 aromatic rings. The van der Waals surface area contributed by atoms with Crippen LogP contribution in [0.2, 0.25) is 9.62 Å². The van der Waals surface area contributed by atoms with E-state index in [2.05, 4.69) is 4.98 Å². The quantitative estimate of drug-likeness (QED) is 0.781. The number of nitrogens with zero attached hydrogens (tertiary/aromatic N) is 2. The van der Waals surface area contributed by atoms with Gasteiger partial charge in [0.25, 0.3) is 0 Å². The van der Waals surface area contributed by atoms with E-state index in [1.807, 2.05) is 0 Å². The molecule has 8 heteroatoms. The molecule has 5 nitrogen and oxygen atoms in total. The molecular formula is C12H16Cl2N2O3S. The van der Waals surface area contributed by atoms with Gasteiger partial charge in [-0.25, -0.2) is 9.78 Å². The van der Waals surface area contributed by atoms with Crippen molar-refractivity contribution in [2.45, 2.75) is 32.8 Å². The van der Waals surface area contributed by atoms with E-state index in [9.17, 15) is 9.59 Å². The van der Waals surface area contributed by atoms with Crippen LogP contribution in [0.4, 0.5) is 4.79 Å². The van der Waals surface area contributed by atoms with Gasteiger partial charge >= 0.3 is 6.09 Å². The summed E-state index contributed by atoms with van der Waals surface area (Å²) in [5.41, 5.74) is -0.566. The number of rotatable bonds is 4. The number of aromatic nitrogens is 1. The Hall–Kier alpha value is -0.850. The van der Waals surface area contributed by atoms with Crippen molar-refractivity contribution < 1.29 is 14.3 Å². The van der Waals surface area contributed by atoms with E-state index in [-0.39, 0.29) is 28.4 Å². The number of halogens is 2. The molecule has 0 spiro atoms. The Balaban J connectivity index is 2.53. The van der Waals surface area contributed by atoms with Gasteiger partial charge < -0.3 is 9.64 Å². The summed E-state index contributed by atoms with van der Waals surface area (Å²) in [7, 11) is 1.57. The van der Waals surface area contributed by atoms with Crippen LogP contribution >= 0.6 is 34.5 Å². The predicted octanol–water partition coefficient (Wildman–Crippen LogP) is 3.89. The average molecular weight is 339 g/mol. The summed E-state index contributed by atoms with van der Waals surface area (Å²) in [5, 5.41) is 0.102. The fraction of sp³-hybridized carbons (Fsp3) is 0.583. The minimum atomic E-state index is -0.566. The minimum Gasteiger partial charge on any atom is -0.444 e. The molecule has 0 bridgehead atoms. The Labute approximate surface area is 131 Å². The van der Waals surface area contributed by atoms with Crippen molar-refractivity contribution in [1.82, 2.24) is 9.88 Å². The predicted molar refractivity (Wildman–Crippen MR) is 79.9 cm³/mol. The lowest BCUT2D eigenvalue weighted by atomic mass is 10.2. The molecule has 1 aromatic heterocycles. The van der Waals surface area contributed by atoms with Crippen LogP contribution in [0.15, 0.2) is 0 Å². The highest BCUT2D eigenvalue weighted by atomic mass is 35.5. The highest BCUT2D eigenvalue weighted by molar-refractivity contribution is 7.18. The van der Waals surface area contributed by atoms with E-state index in [4.69, 9.17) is 27.9 Å². The van der Waals surface area contributed by atoms with Gasteiger partial charge in [-0.15, -0.1) is 0 Å². The minimum absolute atomic E-state index is 0.102. The maximum absolute atomic E-state index is 11.9. The second-order valence-electron chi connectivity index (χ2n) is 5.16. The topological polar surface area (TPSA) is 59.5 Å². The fourth-order valence-corrected chi connectivity index (χ4v) is 2.63. The fourth-order valence-electron chi connectivity index (χ4n) is 1.26. The molecule has 0 saturated heterocycles. The first-order chi connectivity index (χ1) is 9.10. The summed E-state index contributed by atoms with van der Waals surface area (Å²) in [4.78, 5) is 29.1. The standard InChI is InChI=1S/C12H16Cl2N2O3S/c1-12(2,3)19-11(18)16(4)6-5-7(17)8-9(13)15-10(14)20-8/h5-6H2,1-4H3. The van der Waals surface area contributed by atoms with E-state index < -0.39 is 11.7 Å². The molecule has 112 valence electrons. The summed E-state index contributed by atoms with van der Waals surface area (Å²) < 4.78 is 5.41. The molecule has 0 aliphatic rings. The highest BCUT2D eigenvalue weighted by Gasteiger charge is 2.21.